The fourth-order valence-electron chi connectivity index (χ4n) is 4.02. The Morgan fingerprint density at radius 3 is 2.64 bits per heavy atom. The maximum atomic E-state index is 14.9. The summed E-state index contributed by atoms with van der Waals surface area (Å²) >= 11 is 1.48. The molecule has 1 aliphatic heterocycles. The molecule has 0 atom stereocenters. The summed E-state index contributed by atoms with van der Waals surface area (Å²) in [5.74, 6) is 6.59. The zero-order chi connectivity index (χ0) is 24.7. The van der Waals surface area contributed by atoms with Gasteiger partial charge in [-0.05, 0) is 29.3 Å². The third-order valence-electron chi connectivity index (χ3n) is 5.86. The van der Waals surface area contributed by atoms with Crippen LogP contribution in [0.15, 0.2) is 66.9 Å². The number of benzene rings is 2. The first-order chi connectivity index (χ1) is 17.6. The number of pyridine rings is 1. The van der Waals surface area contributed by atoms with Gasteiger partial charge in [0.05, 0.1) is 34.9 Å². The second-order valence-electron chi connectivity index (χ2n) is 8.57. The van der Waals surface area contributed by atoms with Crippen LogP contribution in [0, 0.1) is 17.7 Å². The minimum Gasteiger partial charge on any atom is -0.453 e. The monoisotopic (exact) mass is 500 g/mol. The second-order valence-corrected chi connectivity index (χ2v) is 9.62. The molecule has 1 saturated heterocycles. The average molecular weight is 501 g/mol. The van der Waals surface area contributed by atoms with E-state index >= 15 is 0 Å². The molecule has 2 aromatic carbocycles. The van der Waals surface area contributed by atoms with E-state index in [0.717, 1.165) is 47.0 Å². The first kappa shape index (κ1) is 24.1. The van der Waals surface area contributed by atoms with Gasteiger partial charge < -0.3 is 9.47 Å². The van der Waals surface area contributed by atoms with Crippen LogP contribution < -0.4 is 4.74 Å². The van der Waals surface area contributed by atoms with Crippen molar-refractivity contribution in [2.45, 2.75) is 12.8 Å². The van der Waals surface area contributed by atoms with E-state index in [1.165, 1.54) is 17.4 Å². The van der Waals surface area contributed by atoms with Crippen molar-refractivity contribution in [2.75, 3.05) is 32.8 Å². The molecule has 5 nitrogen and oxygen atoms in total. The topological polar surface area (TPSA) is 51.7 Å². The predicted molar refractivity (Wildman–Crippen MR) is 139 cm³/mol. The van der Waals surface area contributed by atoms with Crippen LogP contribution in [-0.4, -0.2) is 48.5 Å². The molecule has 0 bridgehead atoms. The average Bonchev–Trinajstić information content (AvgIpc) is 3.31. The molecule has 2 aromatic heterocycles. The highest BCUT2D eigenvalue weighted by atomic mass is 32.1. The van der Waals surface area contributed by atoms with Gasteiger partial charge in [0.2, 0.25) is 0 Å². The van der Waals surface area contributed by atoms with Gasteiger partial charge in [-0.2, -0.15) is 0 Å². The number of fused-ring (bicyclic) bond motifs is 1. The quantitative estimate of drug-likeness (QED) is 0.324. The highest BCUT2D eigenvalue weighted by Gasteiger charge is 2.13. The molecule has 5 rings (SSSR count). The SMILES string of the molecule is O=C(Cc1ccccc1)Cc1ccc(Oc2ccnc3cc(C#CCN4CCOCC4)sc23)c(F)c1. The Hall–Kier alpha value is -3.57. The lowest BCUT2D eigenvalue weighted by Gasteiger charge is -2.24. The number of hydrogen-bond donors (Lipinski definition) is 0. The summed E-state index contributed by atoms with van der Waals surface area (Å²) in [6.45, 7) is 3.98. The van der Waals surface area contributed by atoms with E-state index in [-0.39, 0.29) is 18.0 Å². The molecule has 0 amide bonds. The standard InChI is InChI=1S/C29H25FN2O3S/c30-25-19-22(18-23(33)17-21-5-2-1-3-6-21)8-9-27(25)35-28-10-11-31-26-20-24(36-29(26)28)7-4-12-32-13-15-34-16-14-32/h1-3,5-6,8-11,19-20H,12-18H2. The minimum atomic E-state index is -0.507. The summed E-state index contributed by atoms with van der Waals surface area (Å²) < 4.78 is 27.0. The number of rotatable bonds is 7. The van der Waals surface area contributed by atoms with Gasteiger partial charge in [-0.25, -0.2) is 4.39 Å². The van der Waals surface area contributed by atoms with Gasteiger partial charge >= 0.3 is 0 Å². The van der Waals surface area contributed by atoms with Gasteiger partial charge in [0.15, 0.2) is 11.6 Å². The number of nitrogens with zero attached hydrogens (tertiary/aromatic N) is 2. The van der Waals surface area contributed by atoms with Gasteiger partial charge in [-0.15, -0.1) is 11.3 Å². The number of hydrogen-bond acceptors (Lipinski definition) is 6. The Labute approximate surface area is 213 Å². The zero-order valence-corrected chi connectivity index (χ0v) is 20.5. The molecule has 3 heterocycles. The van der Waals surface area contributed by atoms with Crippen LogP contribution in [0.2, 0.25) is 0 Å². The van der Waals surface area contributed by atoms with Crippen molar-refractivity contribution in [3.8, 4) is 23.3 Å². The van der Waals surface area contributed by atoms with Crippen molar-refractivity contribution >= 4 is 27.3 Å². The molecule has 1 aliphatic rings. The van der Waals surface area contributed by atoms with E-state index in [0.29, 0.717) is 24.3 Å². The lowest BCUT2D eigenvalue weighted by Crippen LogP contribution is -2.36. The maximum Gasteiger partial charge on any atom is 0.166 e. The molecule has 0 unspecified atom stereocenters. The van der Waals surface area contributed by atoms with Crippen LogP contribution in [0.5, 0.6) is 11.5 Å². The van der Waals surface area contributed by atoms with Crippen LogP contribution in [0.3, 0.4) is 0 Å². The Morgan fingerprint density at radius 1 is 1.03 bits per heavy atom. The molecule has 4 aromatic rings. The second kappa shape index (κ2) is 11.4. The first-order valence-electron chi connectivity index (χ1n) is 11.8. The van der Waals surface area contributed by atoms with Crippen LogP contribution in [-0.2, 0) is 22.4 Å². The smallest absolute Gasteiger partial charge is 0.166 e. The molecule has 0 aliphatic carbocycles. The van der Waals surface area contributed by atoms with Gasteiger partial charge in [-0.1, -0.05) is 48.2 Å². The Kier molecular flexibility index (Phi) is 7.67. The van der Waals surface area contributed by atoms with Crippen LogP contribution in [0.1, 0.15) is 16.0 Å². The third kappa shape index (κ3) is 6.16. The number of morpholine rings is 1. The van der Waals surface area contributed by atoms with Crippen LogP contribution >= 0.6 is 11.3 Å². The number of thiophene rings is 1. The maximum absolute atomic E-state index is 14.9. The molecular weight excluding hydrogens is 475 g/mol. The number of halogens is 1. The van der Waals surface area contributed by atoms with Crippen molar-refractivity contribution < 1.29 is 18.7 Å². The van der Waals surface area contributed by atoms with Gasteiger partial charge in [0.1, 0.15) is 11.5 Å². The zero-order valence-electron chi connectivity index (χ0n) is 19.7. The van der Waals surface area contributed by atoms with Gasteiger partial charge in [0.25, 0.3) is 0 Å². The van der Waals surface area contributed by atoms with Crippen molar-refractivity contribution in [2.24, 2.45) is 0 Å². The largest absolute Gasteiger partial charge is 0.453 e. The van der Waals surface area contributed by atoms with Crippen LogP contribution in [0.25, 0.3) is 10.2 Å². The molecule has 1 fully saturated rings. The van der Waals surface area contributed by atoms with E-state index in [1.807, 2.05) is 36.4 Å². The van der Waals surface area contributed by atoms with E-state index in [2.05, 4.69) is 21.7 Å². The number of ketones is 1. The summed E-state index contributed by atoms with van der Waals surface area (Å²) in [6.07, 6.45) is 2.14. The number of carbonyl (C=O) groups excluding carboxylic acids is 1. The Balaban J connectivity index is 1.26. The number of aromatic nitrogens is 1. The summed E-state index contributed by atoms with van der Waals surface area (Å²) in [5.41, 5.74) is 2.33. The lowest BCUT2D eigenvalue weighted by molar-refractivity contribution is -0.117. The lowest BCUT2D eigenvalue weighted by atomic mass is 10.0. The number of Topliss-reactive ketones (excluding diaryl/α,β-unsaturated/α-hetero) is 1. The summed E-state index contributed by atoms with van der Waals surface area (Å²) in [4.78, 5) is 20.0. The fraction of sp³-hybridized carbons (Fsp3) is 0.241. The predicted octanol–water partition coefficient (Wildman–Crippen LogP) is 5.27. The molecule has 0 N–H and O–H groups in total. The molecule has 0 spiro atoms. The molecule has 182 valence electrons. The van der Waals surface area contributed by atoms with Crippen molar-refractivity contribution in [3.05, 3.63) is 88.7 Å². The Morgan fingerprint density at radius 2 is 1.83 bits per heavy atom. The van der Waals surface area contributed by atoms with Gasteiger partial charge in [-0.3, -0.25) is 14.7 Å². The van der Waals surface area contributed by atoms with Crippen molar-refractivity contribution in [1.82, 2.24) is 9.88 Å². The fourth-order valence-corrected chi connectivity index (χ4v) is 4.96. The molecule has 7 heteroatoms. The van der Waals surface area contributed by atoms with Gasteiger partial charge in [0, 0.05) is 38.2 Å². The summed E-state index contributed by atoms with van der Waals surface area (Å²) in [6, 6.07) is 17.9. The van der Waals surface area contributed by atoms with E-state index in [1.54, 1.807) is 24.4 Å². The van der Waals surface area contributed by atoms with Crippen molar-refractivity contribution in [1.29, 1.82) is 0 Å². The van der Waals surface area contributed by atoms with Crippen molar-refractivity contribution in [3.63, 3.8) is 0 Å². The highest BCUT2D eigenvalue weighted by molar-refractivity contribution is 7.19. The Bertz CT molecular complexity index is 1420. The molecule has 0 radical (unpaired) electrons. The molecule has 36 heavy (non-hydrogen) atoms. The van der Waals surface area contributed by atoms with E-state index < -0.39 is 5.82 Å². The summed E-state index contributed by atoms with van der Waals surface area (Å²) in [7, 11) is 0. The third-order valence-corrected chi connectivity index (χ3v) is 6.91. The first-order valence-corrected chi connectivity index (χ1v) is 12.6. The molecule has 0 saturated carbocycles. The van der Waals surface area contributed by atoms with E-state index in [9.17, 15) is 9.18 Å². The highest BCUT2D eigenvalue weighted by Crippen LogP contribution is 2.35. The number of carbonyl (C=O) groups is 1. The normalized spacial score (nSPS) is 13.8. The van der Waals surface area contributed by atoms with E-state index in [4.69, 9.17) is 9.47 Å². The summed E-state index contributed by atoms with van der Waals surface area (Å²) in [5, 5.41) is 0. The minimum absolute atomic E-state index is 0.0333. The van der Waals surface area contributed by atoms with Crippen LogP contribution in [0.4, 0.5) is 4.39 Å². The molecular formula is C29H25FN2O3S. The number of ether oxygens (including phenoxy) is 2.